The van der Waals surface area contributed by atoms with Crippen LogP contribution in [0.5, 0.6) is 5.75 Å². The summed E-state index contributed by atoms with van der Waals surface area (Å²) in [5, 5.41) is 3.33. The summed E-state index contributed by atoms with van der Waals surface area (Å²) >= 11 is 7.68. The summed E-state index contributed by atoms with van der Waals surface area (Å²) in [6.45, 7) is 4.45. The van der Waals surface area contributed by atoms with Crippen LogP contribution < -0.4 is 4.74 Å². The van der Waals surface area contributed by atoms with Gasteiger partial charge in [-0.05, 0) is 48.6 Å². The highest BCUT2D eigenvalue weighted by Crippen LogP contribution is 2.25. The summed E-state index contributed by atoms with van der Waals surface area (Å²) < 4.78 is 5.73. The van der Waals surface area contributed by atoms with Crippen LogP contribution in [0.4, 0.5) is 0 Å². The third-order valence-corrected chi connectivity index (χ3v) is 4.27. The average molecular weight is 305 g/mol. The maximum atomic E-state index is 6.13. The lowest BCUT2D eigenvalue weighted by atomic mass is 10.1. The van der Waals surface area contributed by atoms with Gasteiger partial charge in [0.15, 0.2) is 5.82 Å². The van der Waals surface area contributed by atoms with Crippen LogP contribution in [0.15, 0.2) is 29.6 Å². The first-order valence-electron chi connectivity index (χ1n) is 6.23. The van der Waals surface area contributed by atoms with Crippen molar-refractivity contribution in [2.45, 2.75) is 20.5 Å². The van der Waals surface area contributed by atoms with Gasteiger partial charge in [-0.15, -0.1) is 11.3 Å². The molecule has 0 unspecified atom stereocenters. The summed E-state index contributed by atoms with van der Waals surface area (Å²) in [6, 6.07) is 7.94. The highest BCUT2D eigenvalue weighted by Gasteiger charge is 2.07. The van der Waals surface area contributed by atoms with Crippen LogP contribution in [-0.4, -0.2) is 9.97 Å². The molecule has 3 nitrogen and oxygen atoms in total. The average Bonchev–Trinajstić information content (AvgIpc) is 2.89. The Morgan fingerprint density at radius 2 is 2.00 bits per heavy atom. The number of rotatable bonds is 3. The van der Waals surface area contributed by atoms with Crippen molar-refractivity contribution in [1.29, 1.82) is 0 Å². The summed E-state index contributed by atoms with van der Waals surface area (Å²) in [7, 11) is 0. The molecule has 5 heteroatoms. The zero-order valence-corrected chi connectivity index (χ0v) is 12.8. The zero-order valence-electron chi connectivity index (χ0n) is 11.2. The minimum atomic E-state index is 0.316. The fraction of sp³-hybridized carbons (Fsp3) is 0.200. The van der Waals surface area contributed by atoms with E-state index in [0.717, 1.165) is 16.0 Å². The van der Waals surface area contributed by atoms with Gasteiger partial charge < -0.3 is 4.74 Å². The molecule has 0 radical (unpaired) electrons. The van der Waals surface area contributed by atoms with E-state index in [-0.39, 0.29) is 0 Å². The highest BCUT2D eigenvalue weighted by molar-refractivity contribution is 7.16. The standard InChI is InChI=1S/C15H13ClN2OS/c1-9-3-4-11(7-10(9)2)19-8-13-17-14(16)12-5-6-20-15(12)18-13/h3-7H,8H2,1-2H3. The first-order valence-corrected chi connectivity index (χ1v) is 7.49. The third kappa shape index (κ3) is 2.62. The molecular formula is C15H13ClN2OS. The first-order chi connectivity index (χ1) is 9.63. The van der Waals surface area contributed by atoms with Crippen LogP contribution in [0, 0.1) is 13.8 Å². The number of benzene rings is 1. The summed E-state index contributed by atoms with van der Waals surface area (Å²) in [5.41, 5.74) is 2.45. The molecule has 20 heavy (non-hydrogen) atoms. The van der Waals surface area contributed by atoms with Crippen molar-refractivity contribution < 1.29 is 4.74 Å². The molecule has 0 spiro atoms. The van der Waals surface area contributed by atoms with Crippen LogP contribution in [0.1, 0.15) is 17.0 Å². The molecule has 2 aromatic heterocycles. The number of thiophene rings is 1. The number of halogens is 1. The first kappa shape index (κ1) is 13.3. The number of aromatic nitrogens is 2. The number of hydrogen-bond acceptors (Lipinski definition) is 4. The van der Waals surface area contributed by atoms with Crippen molar-refractivity contribution in [3.63, 3.8) is 0 Å². The fourth-order valence-corrected chi connectivity index (χ4v) is 2.97. The molecule has 0 aliphatic rings. The van der Waals surface area contributed by atoms with Gasteiger partial charge in [-0.1, -0.05) is 17.7 Å². The van der Waals surface area contributed by atoms with E-state index in [1.54, 1.807) is 11.3 Å². The van der Waals surface area contributed by atoms with E-state index in [2.05, 4.69) is 23.8 Å². The highest BCUT2D eigenvalue weighted by atomic mass is 35.5. The Kier molecular flexibility index (Phi) is 3.59. The van der Waals surface area contributed by atoms with Crippen molar-refractivity contribution in [3.05, 3.63) is 51.7 Å². The van der Waals surface area contributed by atoms with Crippen molar-refractivity contribution in [3.8, 4) is 5.75 Å². The van der Waals surface area contributed by atoms with Gasteiger partial charge in [-0.2, -0.15) is 0 Å². The molecule has 3 aromatic rings. The molecule has 0 aliphatic carbocycles. The second-order valence-corrected chi connectivity index (χ2v) is 5.86. The minimum absolute atomic E-state index is 0.316. The molecule has 0 bridgehead atoms. The lowest BCUT2D eigenvalue weighted by Crippen LogP contribution is -2.02. The predicted molar refractivity (Wildman–Crippen MR) is 82.7 cm³/mol. The van der Waals surface area contributed by atoms with Crippen molar-refractivity contribution >= 4 is 33.2 Å². The van der Waals surface area contributed by atoms with E-state index >= 15 is 0 Å². The van der Waals surface area contributed by atoms with Crippen LogP contribution in [0.3, 0.4) is 0 Å². The van der Waals surface area contributed by atoms with E-state index in [1.807, 2.05) is 29.6 Å². The summed E-state index contributed by atoms with van der Waals surface area (Å²) in [4.78, 5) is 9.61. The summed E-state index contributed by atoms with van der Waals surface area (Å²) in [5.74, 6) is 1.42. The van der Waals surface area contributed by atoms with E-state index < -0.39 is 0 Å². The molecule has 0 aliphatic heterocycles. The monoisotopic (exact) mass is 304 g/mol. The molecule has 0 fully saturated rings. The Labute approximate surface area is 126 Å². The second kappa shape index (κ2) is 5.38. The Morgan fingerprint density at radius 3 is 2.80 bits per heavy atom. The minimum Gasteiger partial charge on any atom is -0.486 e. The van der Waals surface area contributed by atoms with Crippen LogP contribution in [-0.2, 0) is 6.61 Å². The van der Waals surface area contributed by atoms with Gasteiger partial charge in [0.25, 0.3) is 0 Å². The van der Waals surface area contributed by atoms with Crippen molar-refractivity contribution in [2.24, 2.45) is 0 Å². The largest absolute Gasteiger partial charge is 0.486 e. The SMILES string of the molecule is Cc1ccc(OCc2nc(Cl)c3ccsc3n2)cc1C. The topological polar surface area (TPSA) is 35.0 Å². The molecule has 0 amide bonds. The lowest BCUT2D eigenvalue weighted by molar-refractivity contribution is 0.296. The molecular weight excluding hydrogens is 292 g/mol. The van der Waals surface area contributed by atoms with Gasteiger partial charge in [0.05, 0.1) is 0 Å². The number of nitrogens with zero attached hydrogens (tertiary/aromatic N) is 2. The number of hydrogen-bond donors (Lipinski definition) is 0. The molecule has 102 valence electrons. The number of ether oxygens (including phenoxy) is 1. The zero-order chi connectivity index (χ0) is 14.1. The van der Waals surface area contributed by atoms with E-state index in [9.17, 15) is 0 Å². The molecule has 1 aromatic carbocycles. The Balaban J connectivity index is 1.80. The van der Waals surface area contributed by atoms with Gasteiger partial charge >= 0.3 is 0 Å². The Hall–Kier alpha value is -1.65. The third-order valence-electron chi connectivity index (χ3n) is 3.17. The molecule has 0 saturated heterocycles. The normalized spacial score (nSPS) is 10.9. The van der Waals surface area contributed by atoms with E-state index in [4.69, 9.17) is 16.3 Å². The molecule has 0 saturated carbocycles. The molecule has 0 N–H and O–H groups in total. The molecule has 2 heterocycles. The van der Waals surface area contributed by atoms with Crippen LogP contribution >= 0.6 is 22.9 Å². The Morgan fingerprint density at radius 1 is 1.15 bits per heavy atom. The smallest absolute Gasteiger partial charge is 0.169 e. The van der Waals surface area contributed by atoms with Crippen LogP contribution in [0.2, 0.25) is 5.15 Å². The predicted octanol–water partition coefficient (Wildman–Crippen LogP) is 4.54. The van der Waals surface area contributed by atoms with Gasteiger partial charge in [-0.25, -0.2) is 9.97 Å². The van der Waals surface area contributed by atoms with E-state index in [0.29, 0.717) is 17.6 Å². The van der Waals surface area contributed by atoms with Crippen LogP contribution in [0.25, 0.3) is 10.2 Å². The van der Waals surface area contributed by atoms with Crippen molar-refractivity contribution in [2.75, 3.05) is 0 Å². The molecule has 0 atom stereocenters. The van der Waals surface area contributed by atoms with Gasteiger partial charge in [0, 0.05) is 5.39 Å². The van der Waals surface area contributed by atoms with Gasteiger partial charge in [0.2, 0.25) is 0 Å². The van der Waals surface area contributed by atoms with E-state index in [1.165, 1.54) is 11.1 Å². The van der Waals surface area contributed by atoms with Gasteiger partial charge in [0.1, 0.15) is 22.3 Å². The number of fused-ring (bicyclic) bond motifs is 1. The quantitative estimate of drug-likeness (QED) is 0.666. The molecule has 3 rings (SSSR count). The lowest BCUT2D eigenvalue weighted by Gasteiger charge is -2.08. The fourth-order valence-electron chi connectivity index (χ4n) is 1.88. The van der Waals surface area contributed by atoms with Gasteiger partial charge in [-0.3, -0.25) is 0 Å². The summed E-state index contributed by atoms with van der Waals surface area (Å²) in [6.07, 6.45) is 0. The number of aryl methyl sites for hydroxylation is 2. The maximum Gasteiger partial charge on any atom is 0.169 e. The second-order valence-electron chi connectivity index (χ2n) is 4.60. The maximum absolute atomic E-state index is 6.13. The van der Waals surface area contributed by atoms with Crippen molar-refractivity contribution in [1.82, 2.24) is 9.97 Å². The Bertz CT molecular complexity index is 770.